The molecule has 3 aromatic rings. The first-order valence-corrected chi connectivity index (χ1v) is 13.6. The molecule has 0 amide bonds. The molecule has 5 nitrogen and oxygen atoms in total. The zero-order chi connectivity index (χ0) is 24.0. The van der Waals surface area contributed by atoms with Crippen LogP contribution in [0.25, 0.3) is 0 Å². The smallest absolute Gasteiger partial charge is 0.179 e. The van der Waals surface area contributed by atoms with Crippen LogP contribution in [0.4, 0.5) is 0 Å². The fourth-order valence-electron chi connectivity index (χ4n) is 4.50. The van der Waals surface area contributed by atoms with Crippen LogP contribution in [0.2, 0.25) is 0 Å². The van der Waals surface area contributed by atoms with Gasteiger partial charge in [-0.1, -0.05) is 73.5 Å². The number of ether oxygens (including phenoxy) is 1. The van der Waals surface area contributed by atoms with Gasteiger partial charge in [-0.25, -0.2) is 8.42 Å². The summed E-state index contributed by atoms with van der Waals surface area (Å²) in [6.07, 6.45) is 5.67. The third kappa shape index (κ3) is 6.33. The van der Waals surface area contributed by atoms with Crippen molar-refractivity contribution in [1.82, 2.24) is 4.90 Å². The van der Waals surface area contributed by atoms with Crippen LogP contribution >= 0.6 is 0 Å². The molecule has 34 heavy (non-hydrogen) atoms. The predicted octanol–water partition coefficient (Wildman–Crippen LogP) is 5.30. The minimum absolute atomic E-state index is 0.0461. The highest BCUT2D eigenvalue weighted by molar-refractivity contribution is 7.90. The van der Waals surface area contributed by atoms with Crippen molar-refractivity contribution in [3.63, 3.8) is 0 Å². The lowest BCUT2D eigenvalue weighted by molar-refractivity contribution is 0.0882. The average Bonchev–Trinajstić information content (AvgIpc) is 3.38. The van der Waals surface area contributed by atoms with Crippen molar-refractivity contribution in [2.75, 3.05) is 12.8 Å². The lowest BCUT2D eigenvalue weighted by Gasteiger charge is -2.28. The number of Topliss-reactive ketones (excluding diaryl/α,β-unsaturated/α-hetero) is 1. The van der Waals surface area contributed by atoms with E-state index in [4.69, 9.17) is 4.74 Å². The van der Waals surface area contributed by atoms with E-state index in [-0.39, 0.29) is 29.6 Å². The molecule has 4 rings (SSSR count). The van der Waals surface area contributed by atoms with E-state index in [0.29, 0.717) is 18.2 Å². The van der Waals surface area contributed by atoms with Gasteiger partial charge in [0.25, 0.3) is 0 Å². The van der Waals surface area contributed by atoms with Gasteiger partial charge in [-0.3, -0.25) is 9.69 Å². The van der Waals surface area contributed by atoms with Crippen molar-refractivity contribution in [2.45, 2.75) is 49.8 Å². The predicted molar refractivity (Wildman–Crippen MR) is 134 cm³/mol. The Morgan fingerprint density at radius 2 is 1.53 bits per heavy atom. The van der Waals surface area contributed by atoms with Crippen LogP contribution in [0.5, 0.6) is 5.75 Å². The number of nitrogens with zero attached hydrogens (tertiary/aromatic N) is 1. The molecular weight excluding hydrogens is 446 g/mol. The molecule has 3 aromatic carbocycles. The Kier molecular flexibility index (Phi) is 7.80. The summed E-state index contributed by atoms with van der Waals surface area (Å²) < 4.78 is 30.8. The standard InChI is InChI=1S/C28H31NO4S/c1-34(31,32)28-18-24(16-17-27(28)33-21-23-12-6-3-7-13-23)26(30)20-29(25-14-8-9-15-25)19-22-10-4-2-5-11-22/h2-7,10-13,16-18,25H,8-9,14-15,19-21H2,1H3. The molecular formula is C28H31NO4S. The molecule has 0 aliphatic heterocycles. The summed E-state index contributed by atoms with van der Waals surface area (Å²) in [7, 11) is -3.58. The van der Waals surface area contributed by atoms with Gasteiger partial charge < -0.3 is 4.74 Å². The van der Waals surface area contributed by atoms with Crippen molar-refractivity contribution in [3.8, 4) is 5.75 Å². The maximum Gasteiger partial charge on any atom is 0.179 e. The zero-order valence-electron chi connectivity index (χ0n) is 19.5. The number of ketones is 1. The second-order valence-corrected chi connectivity index (χ2v) is 10.9. The van der Waals surface area contributed by atoms with Gasteiger partial charge in [0.05, 0.1) is 6.54 Å². The van der Waals surface area contributed by atoms with Crippen molar-refractivity contribution < 1.29 is 17.9 Å². The van der Waals surface area contributed by atoms with Crippen molar-refractivity contribution in [1.29, 1.82) is 0 Å². The maximum atomic E-state index is 13.3. The first kappa shape index (κ1) is 24.2. The molecule has 0 atom stereocenters. The van der Waals surface area contributed by atoms with Crippen LogP contribution in [0.1, 0.15) is 47.2 Å². The lowest BCUT2D eigenvalue weighted by Crippen LogP contribution is -2.37. The SMILES string of the molecule is CS(=O)(=O)c1cc(C(=O)CN(Cc2ccccc2)C2CCCC2)ccc1OCc1ccccc1. The third-order valence-electron chi connectivity index (χ3n) is 6.32. The summed E-state index contributed by atoms with van der Waals surface area (Å²) in [5.74, 6) is 0.183. The van der Waals surface area contributed by atoms with Gasteiger partial charge in [0.2, 0.25) is 0 Å². The number of carbonyl (C=O) groups excluding carboxylic acids is 1. The monoisotopic (exact) mass is 477 g/mol. The number of carbonyl (C=O) groups is 1. The van der Waals surface area contributed by atoms with E-state index in [1.807, 2.05) is 48.5 Å². The van der Waals surface area contributed by atoms with E-state index in [9.17, 15) is 13.2 Å². The van der Waals surface area contributed by atoms with Crippen molar-refractivity contribution in [3.05, 3.63) is 95.6 Å². The molecule has 0 radical (unpaired) electrons. The van der Waals surface area contributed by atoms with Crippen molar-refractivity contribution >= 4 is 15.6 Å². The maximum absolute atomic E-state index is 13.3. The van der Waals surface area contributed by atoms with E-state index in [0.717, 1.165) is 24.7 Å². The number of rotatable bonds is 10. The lowest BCUT2D eigenvalue weighted by atomic mass is 10.1. The molecule has 1 aliphatic carbocycles. The second-order valence-electron chi connectivity index (χ2n) is 8.96. The van der Waals surface area contributed by atoms with E-state index in [1.54, 1.807) is 12.1 Å². The van der Waals surface area contributed by atoms with Gasteiger partial charge in [-0.15, -0.1) is 0 Å². The largest absolute Gasteiger partial charge is 0.488 e. The van der Waals surface area contributed by atoms with Gasteiger partial charge >= 0.3 is 0 Å². The topological polar surface area (TPSA) is 63.7 Å². The molecule has 0 spiro atoms. The van der Waals surface area contributed by atoms with Crippen LogP contribution in [0.15, 0.2) is 83.8 Å². The molecule has 0 aromatic heterocycles. The second kappa shape index (κ2) is 11.0. The number of sulfone groups is 1. The van der Waals surface area contributed by atoms with E-state index in [1.165, 1.54) is 24.5 Å². The summed E-state index contributed by atoms with van der Waals surface area (Å²) in [6, 6.07) is 24.8. The quantitative estimate of drug-likeness (QED) is 0.371. The van der Waals surface area contributed by atoms with Gasteiger partial charge in [-0.05, 0) is 42.2 Å². The molecule has 0 unspecified atom stereocenters. The Labute approximate surface area is 202 Å². The normalized spacial score (nSPS) is 14.4. The molecule has 0 saturated heterocycles. The van der Waals surface area contributed by atoms with Crippen LogP contribution in [-0.2, 0) is 23.0 Å². The summed E-state index contributed by atoms with van der Waals surface area (Å²) >= 11 is 0. The van der Waals surface area contributed by atoms with E-state index >= 15 is 0 Å². The van der Waals surface area contributed by atoms with E-state index in [2.05, 4.69) is 17.0 Å². The van der Waals surface area contributed by atoms with Crippen LogP contribution in [0.3, 0.4) is 0 Å². The Balaban J connectivity index is 1.53. The summed E-state index contributed by atoms with van der Waals surface area (Å²) in [4.78, 5) is 15.6. The highest BCUT2D eigenvalue weighted by Gasteiger charge is 2.26. The number of hydrogen-bond donors (Lipinski definition) is 0. The van der Waals surface area contributed by atoms with Crippen LogP contribution in [-0.4, -0.2) is 37.9 Å². The molecule has 1 fully saturated rings. The van der Waals surface area contributed by atoms with Gasteiger partial charge in [0, 0.05) is 24.4 Å². The molecule has 0 heterocycles. The summed E-state index contributed by atoms with van der Waals surface area (Å²) in [5, 5.41) is 0. The van der Waals surface area contributed by atoms with Gasteiger partial charge in [0.1, 0.15) is 17.3 Å². The fourth-order valence-corrected chi connectivity index (χ4v) is 5.34. The minimum Gasteiger partial charge on any atom is -0.488 e. The Hall–Kier alpha value is -2.96. The fraction of sp³-hybridized carbons (Fsp3) is 0.321. The van der Waals surface area contributed by atoms with Crippen LogP contribution < -0.4 is 4.74 Å². The zero-order valence-corrected chi connectivity index (χ0v) is 20.3. The number of hydrogen-bond acceptors (Lipinski definition) is 5. The Morgan fingerprint density at radius 3 is 2.15 bits per heavy atom. The molecule has 1 aliphatic rings. The molecule has 6 heteroatoms. The number of benzene rings is 3. The third-order valence-corrected chi connectivity index (χ3v) is 7.44. The van der Waals surface area contributed by atoms with E-state index < -0.39 is 9.84 Å². The van der Waals surface area contributed by atoms with Crippen LogP contribution in [0, 0.1) is 0 Å². The first-order chi connectivity index (χ1) is 16.4. The van der Waals surface area contributed by atoms with Crippen molar-refractivity contribution in [2.24, 2.45) is 0 Å². The highest BCUT2D eigenvalue weighted by atomic mass is 32.2. The first-order valence-electron chi connectivity index (χ1n) is 11.7. The average molecular weight is 478 g/mol. The molecule has 178 valence electrons. The minimum atomic E-state index is -3.58. The molecule has 0 N–H and O–H groups in total. The Bertz CT molecular complexity index is 1200. The molecule has 0 bridgehead atoms. The summed E-state index contributed by atoms with van der Waals surface area (Å²) in [6.45, 7) is 1.21. The van der Waals surface area contributed by atoms with Gasteiger partial charge in [-0.2, -0.15) is 0 Å². The highest BCUT2D eigenvalue weighted by Crippen LogP contribution is 2.28. The van der Waals surface area contributed by atoms with Gasteiger partial charge in [0.15, 0.2) is 15.6 Å². The molecule has 1 saturated carbocycles. The summed E-state index contributed by atoms with van der Waals surface area (Å²) in [5.41, 5.74) is 2.50. The Morgan fingerprint density at radius 1 is 0.912 bits per heavy atom.